The van der Waals surface area contributed by atoms with Gasteiger partial charge >= 0.3 is 5.97 Å². The molecule has 0 radical (unpaired) electrons. The minimum Gasteiger partial charge on any atom is -0.479 e. The number of benzene rings is 1. The van der Waals surface area contributed by atoms with Gasteiger partial charge in [-0.3, -0.25) is 14.9 Å². The van der Waals surface area contributed by atoms with E-state index in [1.54, 1.807) is 0 Å². The molecule has 1 heterocycles. The highest BCUT2D eigenvalue weighted by Crippen LogP contribution is 2.34. The summed E-state index contributed by atoms with van der Waals surface area (Å²) in [7, 11) is 1.23. The van der Waals surface area contributed by atoms with Crippen molar-refractivity contribution in [1.82, 2.24) is 0 Å². The highest BCUT2D eigenvalue weighted by molar-refractivity contribution is 6.00. The number of carbonyl (C=O) groups is 2. The van der Waals surface area contributed by atoms with Crippen LogP contribution in [0.15, 0.2) is 12.1 Å². The van der Waals surface area contributed by atoms with Gasteiger partial charge in [0.25, 0.3) is 5.69 Å². The number of hydrogen-bond acceptors (Lipinski definition) is 6. The van der Waals surface area contributed by atoms with E-state index in [0.717, 1.165) is 0 Å². The van der Waals surface area contributed by atoms with Crippen molar-refractivity contribution in [3.05, 3.63) is 27.8 Å². The van der Waals surface area contributed by atoms with Gasteiger partial charge in [0.05, 0.1) is 17.9 Å². The Bertz CT molecular complexity index is 615. The van der Waals surface area contributed by atoms with Crippen molar-refractivity contribution in [3.63, 3.8) is 0 Å². The summed E-state index contributed by atoms with van der Waals surface area (Å²) in [4.78, 5) is 32.6. The molecule has 0 aliphatic carbocycles. The Morgan fingerprint density at radius 1 is 1.62 bits per heavy atom. The summed E-state index contributed by atoms with van der Waals surface area (Å²) in [5.41, 5.74) is 0.936. The second-order valence-corrected chi connectivity index (χ2v) is 4.45. The number of nitro benzene ring substituents is 1. The van der Waals surface area contributed by atoms with Gasteiger partial charge in [-0.1, -0.05) is 0 Å². The molecule has 0 aromatic heterocycles. The number of carbonyl (C=O) groups excluding carboxylic acids is 1. The number of hydrogen-bond donors (Lipinski definition) is 3. The summed E-state index contributed by atoms with van der Waals surface area (Å²) in [5, 5.41) is 25.2. The van der Waals surface area contributed by atoms with Crippen molar-refractivity contribution < 1.29 is 24.4 Å². The first-order chi connectivity index (χ1) is 9.92. The summed E-state index contributed by atoms with van der Waals surface area (Å²) in [6.45, 7) is -0.139. The molecule has 1 atom stereocenters. The fourth-order valence-corrected chi connectivity index (χ4v) is 2.03. The normalized spacial score (nSPS) is 14.2. The van der Waals surface area contributed by atoms with Gasteiger partial charge in [-0.15, -0.1) is 0 Å². The maximum Gasteiger partial charge on any atom is 0.334 e. The lowest BCUT2D eigenvalue weighted by atomic mass is 10.1. The summed E-state index contributed by atoms with van der Waals surface area (Å²) in [5.74, 6) is -1.42. The number of aliphatic carboxylic acids is 1. The highest BCUT2D eigenvalue weighted by Gasteiger charge is 2.25. The molecule has 3 N–H and O–H groups in total. The van der Waals surface area contributed by atoms with Crippen LogP contribution in [0.5, 0.6) is 0 Å². The van der Waals surface area contributed by atoms with E-state index in [0.29, 0.717) is 11.3 Å². The lowest BCUT2D eigenvalue weighted by Crippen LogP contribution is -2.30. The Kier molecular flexibility index (Phi) is 4.03. The number of ether oxygens (including phenoxy) is 1. The molecule has 0 spiro atoms. The topological polar surface area (TPSA) is 131 Å². The van der Waals surface area contributed by atoms with Crippen LogP contribution < -0.4 is 10.6 Å². The van der Waals surface area contributed by atoms with E-state index < -0.39 is 17.0 Å². The number of anilines is 2. The maximum atomic E-state index is 11.3. The zero-order valence-electron chi connectivity index (χ0n) is 11.1. The molecule has 0 fully saturated rings. The highest BCUT2D eigenvalue weighted by atomic mass is 16.6. The average Bonchev–Trinajstić information content (AvgIpc) is 2.76. The molecule has 1 aliphatic heterocycles. The van der Waals surface area contributed by atoms with E-state index in [1.165, 1.54) is 19.2 Å². The van der Waals surface area contributed by atoms with Crippen LogP contribution in [0.4, 0.5) is 17.1 Å². The molecule has 1 aliphatic rings. The van der Waals surface area contributed by atoms with Crippen molar-refractivity contribution in [2.24, 2.45) is 0 Å². The van der Waals surface area contributed by atoms with Crippen LogP contribution >= 0.6 is 0 Å². The molecule has 1 aromatic rings. The molecule has 112 valence electrons. The van der Waals surface area contributed by atoms with Crippen LogP contribution in [-0.2, 0) is 20.7 Å². The van der Waals surface area contributed by atoms with Crippen molar-refractivity contribution in [2.75, 3.05) is 24.3 Å². The van der Waals surface area contributed by atoms with E-state index in [9.17, 15) is 19.7 Å². The predicted molar refractivity (Wildman–Crippen MR) is 72.4 cm³/mol. The van der Waals surface area contributed by atoms with E-state index in [-0.39, 0.29) is 30.2 Å². The Labute approximate surface area is 119 Å². The smallest absolute Gasteiger partial charge is 0.334 e. The monoisotopic (exact) mass is 295 g/mol. The van der Waals surface area contributed by atoms with E-state index in [2.05, 4.69) is 10.6 Å². The first-order valence-electron chi connectivity index (χ1n) is 6.03. The predicted octanol–water partition coefficient (Wildman–Crippen LogP) is 0.601. The quantitative estimate of drug-likeness (QED) is 0.517. The molecule has 9 nitrogen and oxygen atoms in total. The van der Waals surface area contributed by atoms with E-state index >= 15 is 0 Å². The van der Waals surface area contributed by atoms with Gasteiger partial charge in [0.15, 0.2) is 6.10 Å². The van der Waals surface area contributed by atoms with E-state index in [1.807, 2.05) is 0 Å². The number of nitrogens with zero attached hydrogens (tertiary/aromatic N) is 1. The lowest BCUT2D eigenvalue weighted by molar-refractivity contribution is -0.384. The molecular formula is C12H13N3O6. The standard InChI is InChI=1S/C12H13N3O6/c1-21-10(12(17)18)5-13-8-4-7-6(3-11(16)14-7)2-9(8)15(19)20/h2,4,10,13H,3,5H2,1H3,(H,14,16)(H,17,18). The fraction of sp³-hybridized carbons (Fsp3) is 0.333. The largest absolute Gasteiger partial charge is 0.479 e. The minimum atomic E-state index is -1.18. The van der Waals surface area contributed by atoms with Gasteiger partial charge < -0.3 is 20.5 Å². The number of amides is 1. The van der Waals surface area contributed by atoms with Crippen molar-refractivity contribution in [3.8, 4) is 0 Å². The Hall–Kier alpha value is -2.68. The summed E-state index contributed by atoms with van der Waals surface area (Å²) in [6, 6.07) is 2.73. The third-order valence-electron chi connectivity index (χ3n) is 3.08. The Morgan fingerprint density at radius 3 is 2.90 bits per heavy atom. The fourth-order valence-electron chi connectivity index (χ4n) is 2.03. The van der Waals surface area contributed by atoms with Crippen LogP contribution in [0, 0.1) is 10.1 Å². The Morgan fingerprint density at radius 2 is 2.33 bits per heavy atom. The third kappa shape index (κ3) is 3.08. The van der Waals surface area contributed by atoms with Gasteiger partial charge in [0, 0.05) is 18.9 Å². The van der Waals surface area contributed by atoms with E-state index in [4.69, 9.17) is 9.84 Å². The van der Waals surface area contributed by atoms with Crippen molar-refractivity contribution >= 4 is 28.9 Å². The first kappa shape index (κ1) is 14.7. The van der Waals surface area contributed by atoms with Gasteiger partial charge in [-0.05, 0) is 11.6 Å². The van der Waals surface area contributed by atoms with Crippen molar-refractivity contribution in [1.29, 1.82) is 0 Å². The van der Waals surface area contributed by atoms with Crippen LogP contribution in [0.25, 0.3) is 0 Å². The second-order valence-electron chi connectivity index (χ2n) is 4.45. The molecule has 1 unspecified atom stereocenters. The van der Waals surface area contributed by atoms with Crippen LogP contribution in [-0.4, -0.2) is 41.7 Å². The number of rotatable bonds is 6. The molecule has 2 rings (SSSR count). The number of fused-ring (bicyclic) bond motifs is 1. The summed E-state index contributed by atoms with van der Waals surface area (Å²) in [6.07, 6.45) is -1.04. The lowest BCUT2D eigenvalue weighted by Gasteiger charge is -2.13. The van der Waals surface area contributed by atoms with Crippen LogP contribution in [0.2, 0.25) is 0 Å². The molecule has 21 heavy (non-hydrogen) atoms. The molecule has 1 aromatic carbocycles. The minimum absolute atomic E-state index is 0.0896. The second kappa shape index (κ2) is 5.75. The summed E-state index contributed by atoms with van der Waals surface area (Å²) >= 11 is 0. The maximum absolute atomic E-state index is 11.3. The molecule has 9 heteroatoms. The van der Waals surface area contributed by atoms with Gasteiger partial charge in [0.2, 0.25) is 5.91 Å². The molecule has 0 saturated heterocycles. The first-order valence-corrected chi connectivity index (χ1v) is 6.03. The zero-order chi connectivity index (χ0) is 15.6. The molecule has 0 saturated carbocycles. The van der Waals surface area contributed by atoms with Crippen molar-refractivity contribution in [2.45, 2.75) is 12.5 Å². The Balaban J connectivity index is 2.26. The molecular weight excluding hydrogens is 282 g/mol. The molecule has 1 amide bonds. The zero-order valence-corrected chi connectivity index (χ0v) is 11.1. The average molecular weight is 295 g/mol. The van der Waals surface area contributed by atoms with Crippen LogP contribution in [0.1, 0.15) is 5.56 Å². The number of nitrogens with one attached hydrogen (secondary N) is 2. The number of nitro groups is 1. The van der Waals surface area contributed by atoms with Gasteiger partial charge in [0.1, 0.15) is 5.69 Å². The summed E-state index contributed by atoms with van der Waals surface area (Å²) < 4.78 is 4.74. The van der Waals surface area contributed by atoms with Gasteiger partial charge in [-0.25, -0.2) is 4.79 Å². The number of carboxylic acid groups (broad SMARTS) is 1. The molecule has 0 bridgehead atoms. The number of methoxy groups -OCH3 is 1. The number of carboxylic acids is 1. The van der Waals surface area contributed by atoms with Crippen LogP contribution in [0.3, 0.4) is 0 Å². The SMILES string of the molecule is COC(CNc1cc2c(cc1[N+](=O)[O-])CC(=O)N2)C(=O)O. The third-order valence-corrected chi connectivity index (χ3v) is 3.08. The van der Waals surface area contributed by atoms with Gasteiger partial charge in [-0.2, -0.15) is 0 Å².